The number of ether oxygens (including phenoxy) is 1. The fourth-order valence-electron chi connectivity index (χ4n) is 3.52. The average molecular weight is 310 g/mol. The van der Waals surface area contributed by atoms with E-state index in [0.29, 0.717) is 6.10 Å². The van der Waals surface area contributed by atoms with Crippen molar-refractivity contribution < 1.29 is 4.74 Å². The first-order valence-electron chi connectivity index (χ1n) is 8.16. The predicted molar refractivity (Wildman–Crippen MR) is 89.5 cm³/mol. The zero-order chi connectivity index (χ0) is 15.4. The Hall–Kier alpha value is -0.570. The zero-order valence-electron chi connectivity index (χ0n) is 13.4. The Morgan fingerprint density at radius 2 is 1.90 bits per heavy atom. The highest BCUT2D eigenvalue weighted by Gasteiger charge is 2.29. The molecule has 4 unspecified atom stereocenters. The van der Waals surface area contributed by atoms with Gasteiger partial charge in [-0.15, -0.1) is 0 Å². The van der Waals surface area contributed by atoms with Crippen LogP contribution in [0, 0.1) is 11.8 Å². The third-order valence-corrected chi connectivity index (χ3v) is 4.75. The molecule has 3 heteroatoms. The van der Waals surface area contributed by atoms with E-state index in [1.54, 1.807) is 0 Å². The van der Waals surface area contributed by atoms with E-state index < -0.39 is 0 Å². The van der Waals surface area contributed by atoms with Crippen molar-refractivity contribution in [2.24, 2.45) is 17.6 Å². The second-order valence-electron chi connectivity index (χ2n) is 6.72. The van der Waals surface area contributed by atoms with Crippen molar-refractivity contribution in [3.63, 3.8) is 0 Å². The summed E-state index contributed by atoms with van der Waals surface area (Å²) in [5.41, 5.74) is 7.42. The predicted octanol–water partition coefficient (Wildman–Crippen LogP) is 4.96. The van der Waals surface area contributed by atoms with Gasteiger partial charge in [0.1, 0.15) is 0 Å². The molecule has 4 atom stereocenters. The van der Waals surface area contributed by atoms with Crippen molar-refractivity contribution in [3.8, 4) is 0 Å². The van der Waals surface area contributed by atoms with Crippen molar-refractivity contribution in [2.75, 3.05) is 0 Å². The summed E-state index contributed by atoms with van der Waals surface area (Å²) in [6.45, 7) is 6.75. The van der Waals surface area contributed by atoms with Crippen molar-refractivity contribution in [3.05, 3.63) is 34.9 Å². The Kier molecular flexibility index (Phi) is 6.09. The van der Waals surface area contributed by atoms with Gasteiger partial charge in [0.05, 0.1) is 12.2 Å². The summed E-state index contributed by atoms with van der Waals surface area (Å²) in [6.07, 6.45) is 4.73. The normalized spacial score (nSPS) is 29.1. The summed E-state index contributed by atoms with van der Waals surface area (Å²) in [4.78, 5) is 0. The van der Waals surface area contributed by atoms with E-state index in [9.17, 15) is 0 Å². The van der Waals surface area contributed by atoms with Crippen LogP contribution in [0.5, 0.6) is 0 Å². The molecule has 2 N–H and O–H groups in total. The quantitative estimate of drug-likeness (QED) is 0.834. The minimum Gasteiger partial charge on any atom is -0.369 e. The summed E-state index contributed by atoms with van der Waals surface area (Å²) in [6, 6.07) is 7.93. The first kappa shape index (κ1) is 16.8. The second kappa shape index (κ2) is 7.62. The smallest absolute Gasteiger partial charge is 0.0979 e. The molecule has 21 heavy (non-hydrogen) atoms. The molecule has 0 aliphatic heterocycles. The minimum absolute atomic E-state index is 0.0102. The monoisotopic (exact) mass is 309 g/mol. The molecule has 2 rings (SSSR count). The van der Waals surface area contributed by atoms with E-state index in [0.717, 1.165) is 41.7 Å². The van der Waals surface area contributed by atoms with Gasteiger partial charge in [0.25, 0.3) is 0 Å². The number of halogens is 1. The van der Waals surface area contributed by atoms with Crippen molar-refractivity contribution in [1.82, 2.24) is 0 Å². The van der Waals surface area contributed by atoms with Gasteiger partial charge in [-0.05, 0) is 55.2 Å². The zero-order valence-corrected chi connectivity index (χ0v) is 14.1. The molecule has 0 amide bonds. The van der Waals surface area contributed by atoms with Crippen LogP contribution in [0.3, 0.4) is 0 Å². The topological polar surface area (TPSA) is 35.2 Å². The van der Waals surface area contributed by atoms with Crippen LogP contribution in [-0.4, -0.2) is 12.1 Å². The Morgan fingerprint density at radius 3 is 2.48 bits per heavy atom. The van der Waals surface area contributed by atoms with Gasteiger partial charge in [-0.3, -0.25) is 0 Å². The molecule has 0 radical (unpaired) electrons. The summed E-state index contributed by atoms with van der Waals surface area (Å²) in [7, 11) is 0. The van der Waals surface area contributed by atoms with Crippen LogP contribution in [0.15, 0.2) is 24.3 Å². The number of hydrogen-bond acceptors (Lipinski definition) is 2. The maximum atomic E-state index is 6.44. The van der Waals surface area contributed by atoms with Gasteiger partial charge < -0.3 is 10.5 Å². The number of nitrogens with two attached hydrogens (primary N) is 1. The highest BCUT2D eigenvalue weighted by Crippen LogP contribution is 2.35. The maximum absolute atomic E-state index is 6.44. The molecule has 0 heterocycles. The SMILES string of the molecule is CCC(N)C(OC1CC(C)CC(C)C1)c1cccc(Cl)c1. The lowest BCUT2D eigenvalue weighted by molar-refractivity contribution is -0.0610. The lowest BCUT2D eigenvalue weighted by Crippen LogP contribution is -2.35. The van der Waals surface area contributed by atoms with Crippen LogP contribution in [0.4, 0.5) is 0 Å². The van der Waals surface area contributed by atoms with E-state index in [4.69, 9.17) is 22.1 Å². The molecule has 1 aromatic rings. The van der Waals surface area contributed by atoms with Gasteiger partial charge >= 0.3 is 0 Å². The number of benzene rings is 1. The van der Waals surface area contributed by atoms with Gasteiger partial charge in [0.15, 0.2) is 0 Å². The summed E-state index contributed by atoms with van der Waals surface area (Å²) < 4.78 is 6.44. The van der Waals surface area contributed by atoms with Crippen molar-refractivity contribution >= 4 is 11.6 Å². The molecule has 0 aromatic heterocycles. The largest absolute Gasteiger partial charge is 0.369 e. The van der Waals surface area contributed by atoms with Crippen LogP contribution in [0.1, 0.15) is 58.1 Å². The maximum Gasteiger partial charge on any atom is 0.0979 e. The van der Waals surface area contributed by atoms with E-state index in [1.807, 2.05) is 18.2 Å². The van der Waals surface area contributed by atoms with Crippen LogP contribution in [-0.2, 0) is 4.74 Å². The summed E-state index contributed by atoms with van der Waals surface area (Å²) in [5.74, 6) is 1.47. The Labute approximate surface area is 134 Å². The molecule has 0 spiro atoms. The van der Waals surface area contributed by atoms with Gasteiger partial charge in [-0.2, -0.15) is 0 Å². The van der Waals surface area contributed by atoms with E-state index in [1.165, 1.54) is 6.42 Å². The molecular formula is C18H28ClNO. The molecule has 1 fully saturated rings. The van der Waals surface area contributed by atoms with Crippen LogP contribution < -0.4 is 5.73 Å². The fourth-order valence-corrected chi connectivity index (χ4v) is 3.71. The number of hydrogen-bond donors (Lipinski definition) is 1. The van der Waals surface area contributed by atoms with Crippen LogP contribution >= 0.6 is 11.6 Å². The Balaban J connectivity index is 2.13. The van der Waals surface area contributed by atoms with E-state index in [-0.39, 0.29) is 12.1 Å². The Bertz CT molecular complexity index is 441. The van der Waals surface area contributed by atoms with Crippen LogP contribution in [0.2, 0.25) is 5.02 Å². The van der Waals surface area contributed by atoms with Crippen LogP contribution in [0.25, 0.3) is 0 Å². The Morgan fingerprint density at radius 1 is 1.24 bits per heavy atom. The minimum atomic E-state index is -0.0591. The second-order valence-corrected chi connectivity index (χ2v) is 7.16. The summed E-state index contributed by atoms with van der Waals surface area (Å²) >= 11 is 6.13. The number of rotatable bonds is 5. The lowest BCUT2D eigenvalue weighted by Gasteiger charge is -2.35. The highest BCUT2D eigenvalue weighted by molar-refractivity contribution is 6.30. The summed E-state index contributed by atoms with van der Waals surface area (Å²) in [5, 5.41) is 0.745. The fraction of sp³-hybridized carbons (Fsp3) is 0.667. The van der Waals surface area contributed by atoms with Crippen molar-refractivity contribution in [2.45, 2.75) is 64.7 Å². The molecule has 2 nitrogen and oxygen atoms in total. The van der Waals surface area contributed by atoms with E-state index >= 15 is 0 Å². The first-order chi connectivity index (χ1) is 9.99. The third-order valence-electron chi connectivity index (χ3n) is 4.51. The van der Waals surface area contributed by atoms with Gasteiger partial charge in [0, 0.05) is 11.1 Å². The van der Waals surface area contributed by atoms with Gasteiger partial charge in [-0.1, -0.05) is 44.5 Å². The molecule has 1 aliphatic carbocycles. The highest BCUT2D eigenvalue weighted by atomic mass is 35.5. The molecule has 1 aromatic carbocycles. The molecule has 1 saturated carbocycles. The molecule has 1 aliphatic rings. The first-order valence-corrected chi connectivity index (χ1v) is 8.53. The average Bonchev–Trinajstić information content (AvgIpc) is 2.43. The van der Waals surface area contributed by atoms with Crippen molar-refractivity contribution in [1.29, 1.82) is 0 Å². The molecule has 0 saturated heterocycles. The molecule has 0 bridgehead atoms. The third kappa shape index (κ3) is 4.70. The van der Waals surface area contributed by atoms with Gasteiger partial charge in [0.2, 0.25) is 0 Å². The lowest BCUT2D eigenvalue weighted by atomic mass is 9.81. The standard InChI is InChI=1S/C18H28ClNO/c1-4-17(20)18(14-6-5-7-15(19)11-14)21-16-9-12(2)8-13(3)10-16/h5-7,11-13,16-18H,4,8-10,20H2,1-3H3. The van der Waals surface area contributed by atoms with Gasteiger partial charge in [-0.25, -0.2) is 0 Å². The molecule has 118 valence electrons. The molecular weight excluding hydrogens is 282 g/mol. The van der Waals surface area contributed by atoms with E-state index in [2.05, 4.69) is 26.8 Å².